The second-order valence-electron chi connectivity index (χ2n) is 7.34. The molecule has 1 N–H and O–H groups in total. The standard InChI is InChI=1S/C24H22N6O2S/c1-3-18-22(23-28-14-32-30-23)33-24(29-18)19-12-21(27-13-26-19)25-11-10-17-16-7-5-4-6-15(16)8-9-20(17)31-2/h4-9,12-14H,3,10-11H2,1-2H3,(H,25,26,27). The summed E-state index contributed by atoms with van der Waals surface area (Å²) in [7, 11) is 1.71. The zero-order valence-corrected chi connectivity index (χ0v) is 19.1. The highest BCUT2D eigenvalue weighted by molar-refractivity contribution is 7.18. The molecule has 166 valence electrons. The number of fused-ring (bicyclic) bond motifs is 1. The second kappa shape index (κ2) is 9.33. The number of benzene rings is 2. The molecule has 0 amide bonds. The van der Waals surface area contributed by atoms with E-state index in [1.54, 1.807) is 13.4 Å². The van der Waals surface area contributed by atoms with Gasteiger partial charge in [0.15, 0.2) is 0 Å². The maximum Gasteiger partial charge on any atom is 0.214 e. The summed E-state index contributed by atoms with van der Waals surface area (Å²) in [6, 6.07) is 14.4. The topological polar surface area (TPSA) is 98.9 Å². The van der Waals surface area contributed by atoms with Gasteiger partial charge in [0.25, 0.3) is 0 Å². The average molecular weight is 459 g/mol. The van der Waals surface area contributed by atoms with Crippen LogP contribution in [0.4, 0.5) is 5.82 Å². The molecule has 33 heavy (non-hydrogen) atoms. The van der Waals surface area contributed by atoms with Gasteiger partial charge in [0.1, 0.15) is 28.6 Å². The molecule has 0 radical (unpaired) electrons. The van der Waals surface area contributed by atoms with E-state index < -0.39 is 0 Å². The summed E-state index contributed by atoms with van der Waals surface area (Å²) in [6.45, 7) is 2.75. The first-order chi connectivity index (χ1) is 16.3. The first kappa shape index (κ1) is 21.0. The van der Waals surface area contributed by atoms with E-state index in [0.717, 1.165) is 45.7 Å². The number of aromatic nitrogens is 5. The minimum atomic E-state index is 0.548. The van der Waals surface area contributed by atoms with Crippen LogP contribution in [0.5, 0.6) is 5.75 Å². The van der Waals surface area contributed by atoms with E-state index in [2.05, 4.69) is 56.6 Å². The SMILES string of the molecule is CCc1nc(-c2cc(NCCc3c(OC)ccc4ccccc34)ncn2)sc1-c1ncon1. The number of ether oxygens (including phenoxy) is 1. The molecule has 5 aromatic rings. The lowest BCUT2D eigenvalue weighted by Crippen LogP contribution is -2.08. The molecule has 0 saturated heterocycles. The molecule has 9 heteroatoms. The Morgan fingerprint density at radius 3 is 2.82 bits per heavy atom. The number of hydrogen-bond acceptors (Lipinski definition) is 9. The van der Waals surface area contributed by atoms with Crippen molar-refractivity contribution < 1.29 is 9.26 Å². The monoisotopic (exact) mass is 458 g/mol. The van der Waals surface area contributed by atoms with Crippen molar-refractivity contribution in [3.63, 3.8) is 0 Å². The summed E-state index contributed by atoms with van der Waals surface area (Å²) < 4.78 is 10.5. The van der Waals surface area contributed by atoms with Gasteiger partial charge in [-0.1, -0.05) is 42.4 Å². The van der Waals surface area contributed by atoms with Crippen molar-refractivity contribution in [2.75, 3.05) is 19.0 Å². The van der Waals surface area contributed by atoms with Gasteiger partial charge < -0.3 is 14.6 Å². The summed E-state index contributed by atoms with van der Waals surface area (Å²) in [6.07, 6.45) is 4.44. The lowest BCUT2D eigenvalue weighted by Gasteiger charge is -2.13. The van der Waals surface area contributed by atoms with Crippen LogP contribution in [-0.2, 0) is 12.8 Å². The summed E-state index contributed by atoms with van der Waals surface area (Å²) in [4.78, 5) is 18.6. The van der Waals surface area contributed by atoms with Crippen LogP contribution in [0.1, 0.15) is 18.2 Å². The molecule has 8 nitrogen and oxygen atoms in total. The van der Waals surface area contributed by atoms with E-state index in [9.17, 15) is 0 Å². The Hall–Kier alpha value is -3.85. The van der Waals surface area contributed by atoms with Crippen molar-refractivity contribution in [1.82, 2.24) is 25.1 Å². The number of anilines is 1. The molecule has 2 aromatic carbocycles. The molecule has 0 spiro atoms. The minimum absolute atomic E-state index is 0.548. The maximum absolute atomic E-state index is 5.61. The fourth-order valence-electron chi connectivity index (χ4n) is 3.80. The molecule has 0 aliphatic rings. The predicted molar refractivity (Wildman–Crippen MR) is 129 cm³/mol. The number of nitrogens with one attached hydrogen (secondary N) is 1. The Kier molecular flexibility index (Phi) is 5.95. The van der Waals surface area contributed by atoms with Gasteiger partial charge in [0, 0.05) is 18.2 Å². The normalized spacial score (nSPS) is 11.1. The molecule has 0 aliphatic carbocycles. The molecule has 0 bridgehead atoms. The Morgan fingerprint density at radius 1 is 1.09 bits per heavy atom. The fourth-order valence-corrected chi connectivity index (χ4v) is 4.85. The zero-order chi connectivity index (χ0) is 22.6. The number of aryl methyl sites for hydroxylation is 1. The molecule has 0 saturated carbocycles. The Balaban J connectivity index is 1.35. The van der Waals surface area contributed by atoms with Crippen LogP contribution in [0, 0.1) is 0 Å². The van der Waals surface area contributed by atoms with Gasteiger partial charge in [-0.25, -0.2) is 15.0 Å². The lowest BCUT2D eigenvalue weighted by molar-refractivity contribution is 0.411. The molecule has 0 fully saturated rings. The third kappa shape index (κ3) is 4.27. The van der Waals surface area contributed by atoms with E-state index in [-0.39, 0.29) is 0 Å². The first-order valence-electron chi connectivity index (χ1n) is 10.6. The van der Waals surface area contributed by atoms with Crippen molar-refractivity contribution in [3.05, 3.63) is 66.4 Å². The smallest absolute Gasteiger partial charge is 0.214 e. The third-order valence-electron chi connectivity index (χ3n) is 5.38. The second-order valence-corrected chi connectivity index (χ2v) is 8.34. The largest absolute Gasteiger partial charge is 0.496 e. The summed E-state index contributed by atoms with van der Waals surface area (Å²) in [5, 5.41) is 10.6. The van der Waals surface area contributed by atoms with Crippen molar-refractivity contribution in [3.8, 4) is 27.2 Å². The maximum atomic E-state index is 5.61. The lowest BCUT2D eigenvalue weighted by atomic mass is 10.0. The van der Waals surface area contributed by atoms with E-state index in [1.807, 2.05) is 18.2 Å². The van der Waals surface area contributed by atoms with Gasteiger partial charge in [-0.2, -0.15) is 4.98 Å². The Labute approximate surface area is 194 Å². The number of hydrogen-bond donors (Lipinski definition) is 1. The molecular weight excluding hydrogens is 436 g/mol. The highest BCUT2D eigenvalue weighted by Gasteiger charge is 2.17. The summed E-state index contributed by atoms with van der Waals surface area (Å²) >= 11 is 1.50. The predicted octanol–water partition coefficient (Wildman–Crippen LogP) is 5.03. The van der Waals surface area contributed by atoms with E-state index in [0.29, 0.717) is 12.4 Å². The highest BCUT2D eigenvalue weighted by Crippen LogP contribution is 2.34. The van der Waals surface area contributed by atoms with Crippen molar-refractivity contribution in [1.29, 1.82) is 0 Å². The summed E-state index contributed by atoms with van der Waals surface area (Å²) in [5.41, 5.74) is 2.85. The quantitative estimate of drug-likeness (QED) is 0.346. The van der Waals surface area contributed by atoms with Crippen molar-refractivity contribution in [2.24, 2.45) is 0 Å². The van der Waals surface area contributed by atoms with Gasteiger partial charge >= 0.3 is 0 Å². The van der Waals surface area contributed by atoms with Gasteiger partial charge in [0.05, 0.1) is 17.7 Å². The minimum Gasteiger partial charge on any atom is -0.496 e. The molecule has 3 aromatic heterocycles. The molecule has 5 rings (SSSR count). The van der Waals surface area contributed by atoms with E-state index >= 15 is 0 Å². The van der Waals surface area contributed by atoms with Crippen LogP contribution >= 0.6 is 11.3 Å². The highest BCUT2D eigenvalue weighted by atomic mass is 32.1. The number of nitrogens with zero attached hydrogens (tertiary/aromatic N) is 5. The Morgan fingerprint density at radius 2 is 2.00 bits per heavy atom. The van der Waals surface area contributed by atoms with Gasteiger partial charge in [-0.05, 0) is 29.7 Å². The number of thiazole rings is 1. The number of rotatable bonds is 8. The van der Waals surface area contributed by atoms with E-state index in [1.165, 1.54) is 34.1 Å². The Bertz CT molecular complexity index is 1380. The molecule has 0 unspecified atom stereocenters. The molecule has 0 atom stereocenters. The first-order valence-corrected chi connectivity index (χ1v) is 11.5. The van der Waals surface area contributed by atoms with Gasteiger partial charge in [-0.3, -0.25) is 0 Å². The summed E-state index contributed by atoms with van der Waals surface area (Å²) in [5.74, 6) is 2.18. The molecule has 0 aliphatic heterocycles. The van der Waals surface area contributed by atoms with Crippen LogP contribution in [0.25, 0.3) is 32.2 Å². The third-order valence-corrected chi connectivity index (χ3v) is 6.50. The number of methoxy groups -OCH3 is 1. The van der Waals surface area contributed by atoms with Crippen molar-refractivity contribution >= 4 is 27.9 Å². The van der Waals surface area contributed by atoms with Crippen LogP contribution < -0.4 is 10.1 Å². The fraction of sp³-hybridized carbons (Fsp3) is 0.208. The van der Waals surface area contributed by atoms with Gasteiger partial charge in [0.2, 0.25) is 12.2 Å². The van der Waals surface area contributed by atoms with E-state index in [4.69, 9.17) is 14.2 Å². The molecular formula is C24H22N6O2S. The van der Waals surface area contributed by atoms with Crippen LogP contribution in [0.3, 0.4) is 0 Å². The van der Waals surface area contributed by atoms with Crippen LogP contribution in [-0.4, -0.2) is 38.7 Å². The average Bonchev–Trinajstić information content (AvgIpc) is 3.54. The van der Waals surface area contributed by atoms with Crippen LogP contribution in [0.2, 0.25) is 0 Å². The molecule has 3 heterocycles. The van der Waals surface area contributed by atoms with Gasteiger partial charge in [-0.15, -0.1) is 11.3 Å². The van der Waals surface area contributed by atoms with Crippen molar-refractivity contribution in [2.45, 2.75) is 19.8 Å². The van der Waals surface area contributed by atoms with Crippen LogP contribution in [0.15, 0.2) is 59.7 Å². The zero-order valence-electron chi connectivity index (χ0n) is 18.3.